The van der Waals surface area contributed by atoms with Crippen molar-refractivity contribution < 1.29 is 9.53 Å². The molecule has 0 fully saturated rings. The van der Waals surface area contributed by atoms with Crippen molar-refractivity contribution in [2.45, 2.75) is 19.8 Å². The summed E-state index contributed by atoms with van der Waals surface area (Å²) in [4.78, 5) is 17.0. The number of carbonyl (C=O) groups is 1. The van der Waals surface area contributed by atoms with Gasteiger partial charge in [-0.15, -0.1) is 6.58 Å². The molecule has 0 spiro atoms. The van der Waals surface area contributed by atoms with E-state index >= 15 is 0 Å². The largest absolute Gasteiger partial charge is 0.490 e. The van der Waals surface area contributed by atoms with Crippen LogP contribution in [0.1, 0.15) is 19.8 Å². The van der Waals surface area contributed by atoms with Crippen molar-refractivity contribution in [3.63, 3.8) is 0 Å². The van der Waals surface area contributed by atoms with Crippen LogP contribution in [0.2, 0.25) is 0 Å². The average Bonchev–Trinajstić information content (AvgIpc) is 2.37. The van der Waals surface area contributed by atoms with Gasteiger partial charge in [-0.2, -0.15) is 0 Å². The maximum Gasteiger partial charge on any atom is 0.215 e. The first-order valence-corrected chi connectivity index (χ1v) is 6.64. The van der Waals surface area contributed by atoms with Crippen LogP contribution in [-0.4, -0.2) is 24.5 Å². The Kier molecular flexibility index (Phi) is 6.43. The van der Waals surface area contributed by atoms with Crippen molar-refractivity contribution in [3.8, 4) is 5.75 Å². The maximum atomic E-state index is 11.2. The molecule has 4 nitrogen and oxygen atoms in total. The van der Waals surface area contributed by atoms with E-state index in [0.29, 0.717) is 29.3 Å². The molecule has 98 valence electrons. The number of unbranched alkanes of at least 4 members (excludes halogenated alkanes) is 1. The van der Waals surface area contributed by atoms with E-state index in [2.05, 4.69) is 27.5 Å². The Morgan fingerprint density at radius 3 is 2.94 bits per heavy atom. The average molecular weight is 313 g/mol. The first-order chi connectivity index (χ1) is 8.72. The maximum absolute atomic E-state index is 11.2. The minimum Gasteiger partial charge on any atom is -0.490 e. The summed E-state index contributed by atoms with van der Waals surface area (Å²) in [6.07, 6.45) is 4.32. The summed E-state index contributed by atoms with van der Waals surface area (Å²) in [5, 5.41) is 0. The standard InChI is InChI=1S/C13H17BrN2O2/c1-3-5-6-9-16(10-17)13-11(18-4-2)7-8-12(14)15-13/h3,7-8,10H,1,4-6,9H2,2H3. The van der Waals surface area contributed by atoms with Gasteiger partial charge in [-0.05, 0) is 47.8 Å². The zero-order chi connectivity index (χ0) is 13.4. The Bertz CT molecular complexity index is 410. The van der Waals surface area contributed by atoms with Crippen LogP contribution in [0.25, 0.3) is 0 Å². The van der Waals surface area contributed by atoms with Gasteiger partial charge in [-0.3, -0.25) is 9.69 Å². The summed E-state index contributed by atoms with van der Waals surface area (Å²) in [7, 11) is 0. The molecule has 1 rings (SSSR count). The lowest BCUT2D eigenvalue weighted by atomic mass is 10.3. The van der Waals surface area contributed by atoms with Crippen LogP contribution in [0.4, 0.5) is 5.82 Å². The number of pyridine rings is 1. The first-order valence-electron chi connectivity index (χ1n) is 5.85. The lowest BCUT2D eigenvalue weighted by molar-refractivity contribution is -0.107. The first kappa shape index (κ1) is 14.7. The van der Waals surface area contributed by atoms with E-state index in [0.717, 1.165) is 19.3 Å². The third-order valence-electron chi connectivity index (χ3n) is 2.31. The fourth-order valence-corrected chi connectivity index (χ4v) is 1.80. The summed E-state index contributed by atoms with van der Waals surface area (Å²) in [5.74, 6) is 1.16. The second kappa shape index (κ2) is 7.87. The van der Waals surface area contributed by atoms with Gasteiger partial charge in [0.25, 0.3) is 0 Å². The summed E-state index contributed by atoms with van der Waals surface area (Å²) in [6, 6.07) is 3.60. The molecule has 0 atom stereocenters. The van der Waals surface area contributed by atoms with Crippen LogP contribution in [0, 0.1) is 0 Å². The predicted octanol–water partition coefficient (Wildman–Crippen LogP) is 3.17. The molecule has 0 saturated carbocycles. The zero-order valence-corrected chi connectivity index (χ0v) is 12.0. The molecular formula is C13H17BrN2O2. The third-order valence-corrected chi connectivity index (χ3v) is 2.75. The number of allylic oxidation sites excluding steroid dienone is 1. The van der Waals surface area contributed by atoms with E-state index in [1.54, 1.807) is 17.0 Å². The predicted molar refractivity (Wildman–Crippen MR) is 75.9 cm³/mol. The van der Waals surface area contributed by atoms with Crippen LogP contribution >= 0.6 is 15.9 Å². The third kappa shape index (κ3) is 4.14. The molecule has 1 heterocycles. The molecule has 1 aromatic rings. The van der Waals surface area contributed by atoms with Gasteiger partial charge in [-0.1, -0.05) is 6.08 Å². The molecule has 1 aromatic heterocycles. The second-order valence-corrected chi connectivity index (χ2v) is 4.43. The highest BCUT2D eigenvalue weighted by Gasteiger charge is 2.13. The number of nitrogens with zero attached hydrogens (tertiary/aromatic N) is 2. The lowest BCUT2D eigenvalue weighted by Gasteiger charge is -2.19. The van der Waals surface area contributed by atoms with Crippen LogP contribution in [0.3, 0.4) is 0 Å². The lowest BCUT2D eigenvalue weighted by Crippen LogP contribution is -2.24. The number of hydrogen-bond acceptors (Lipinski definition) is 3. The highest BCUT2D eigenvalue weighted by atomic mass is 79.9. The van der Waals surface area contributed by atoms with E-state index < -0.39 is 0 Å². The van der Waals surface area contributed by atoms with Gasteiger partial charge in [0, 0.05) is 6.54 Å². The molecule has 0 N–H and O–H groups in total. The van der Waals surface area contributed by atoms with E-state index in [4.69, 9.17) is 4.74 Å². The topological polar surface area (TPSA) is 42.4 Å². The van der Waals surface area contributed by atoms with Gasteiger partial charge in [0.15, 0.2) is 11.6 Å². The normalized spacial score (nSPS) is 9.89. The van der Waals surface area contributed by atoms with Crippen LogP contribution in [0.5, 0.6) is 5.75 Å². The molecule has 18 heavy (non-hydrogen) atoms. The van der Waals surface area contributed by atoms with Gasteiger partial charge in [0.1, 0.15) is 4.60 Å². The molecule has 0 bridgehead atoms. The van der Waals surface area contributed by atoms with Gasteiger partial charge >= 0.3 is 0 Å². The molecule has 1 amide bonds. The molecule has 0 saturated heterocycles. The Hall–Kier alpha value is -1.36. The smallest absolute Gasteiger partial charge is 0.215 e. The number of anilines is 1. The number of aromatic nitrogens is 1. The van der Waals surface area contributed by atoms with Gasteiger partial charge in [0.2, 0.25) is 6.41 Å². The van der Waals surface area contributed by atoms with E-state index in [1.807, 2.05) is 13.0 Å². The fraction of sp³-hybridized carbons (Fsp3) is 0.385. The minimum absolute atomic E-state index is 0.537. The highest BCUT2D eigenvalue weighted by Crippen LogP contribution is 2.27. The van der Waals surface area contributed by atoms with Crippen molar-refractivity contribution in [2.75, 3.05) is 18.1 Å². The number of amides is 1. The highest BCUT2D eigenvalue weighted by molar-refractivity contribution is 9.10. The monoisotopic (exact) mass is 312 g/mol. The van der Waals surface area contributed by atoms with Crippen molar-refractivity contribution in [1.82, 2.24) is 4.98 Å². The number of halogens is 1. The molecule has 0 radical (unpaired) electrons. The van der Waals surface area contributed by atoms with E-state index in [9.17, 15) is 4.79 Å². The van der Waals surface area contributed by atoms with Crippen molar-refractivity contribution in [2.24, 2.45) is 0 Å². The Labute approximate surface area is 116 Å². The quantitative estimate of drug-likeness (QED) is 0.320. The Balaban J connectivity index is 2.91. The number of ether oxygens (including phenoxy) is 1. The van der Waals surface area contributed by atoms with Gasteiger partial charge in [0.05, 0.1) is 6.61 Å². The summed E-state index contributed by atoms with van der Waals surface area (Å²) >= 11 is 3.30. The Morgan fingerprint density at radius 2 is 2.33 bits per heavy atom. The minimum atomic E-state index is 0.537. The molecule has 0 unspecified atom stereocenters. The molecule has 0 aliphatic carbocycles. The van der Waals surface area contributed by atoms with Gasteiger partial charge < -0.3 is 4.74 Å². The summed E-state index contributed by atoms with van der Waals surface area (Å²) in [6.45, 7) is 6.69. The summed E-state index contributed by atoms with van der Waals surface area (Å²) < 4.78 is 6.15. The van der Waals surface area contributed by atoms with Gasteiger partial charge in [-0.25, -0.2) is 4.98 Å². The van der Waals surface area contributed by atoms with Crippen LogP contribution < -0.4 is 9.64 Å². The Morgan fingerprint density at radius 1 is 1.56 bits per heavy atom. The van der Waals surface area contributed by atoms with E-state index in [-0.39, 0.29) is 0 Å². The molecule has 0 aliphatic rings. The zero-order valence-electron chi connectivity index (χ0n) is 10.4. The van der Waals surface area contributed by atoms with E-state index in [1.165, 1.54) is 0 Å². The fourth-order valence-electron chi connectivity index (χ4n) is 1.50. The van der Waals surface area contributed by atoms with Crippen molar-refractivity contribution in [3.05, 3.63) is 29.4 Å². The molecular weight excluding hydrogens is 296 g/mol. The van der Waals surface area contributed by atoms with Crippen LogP contribution in [0.15, 0.2) is 29.4 Å². The van der Waals surface area contributed by atoms with Crippen molar-refractivity contribution >= 4 is 28.2 Å². The number of hydrogen-bond donors (Lipinski definition) is 0. The second-order valence-electron chi connectivity index (χ2n) is 3.62. The molecule has 0 aliphatic heterocycles. The number of carbonyl (C=O) groups excluding carboxylic acids is 1. The van der Waals surface area contributed by atoms with Crippen LogP contribution in [-0.2, 0) is 4.79 Å². The molecule has 5 heteroatoms. The van der Waals surface area contributed by atoms with Crippen molar-refractivity contribution in [1.29, 1.82) is 0 Å². The number of rotatable bonds is 8. The SMILES string of the molecule is C=CCCCN(C=O)c1nc(Br)ccc1OCC. The summed E-state index contributed by atoms with van der Waals surface area (Å²) in [5.41, 5.74) is 0. The molecule has 0 aromatic carbocycles.